The molecule has 1 aromatic rings. The van der Waals surface area contributed by atoms with Gasteiger partial charge in [0.25, 0.3) is 0 Å². The van der Waals surface area contributed by atoms with E-state index in [-0.39, 0.29) is 11.8 Å². The zero-order valence-electron chi connectivity index (χ0n) is 17.1. The molecule has 0 aromatic heterocycles. The second kappa shape index (κ2) is 11.3. The molecular weight excluding hydrogens is 358 g/mol. The van der Waals surface area contributed by atoms with Crippen LogP contribution in [0, 0.1) is 0 Å². The molecule has 1 aliphatic rings. The molecule has 154 valence electrons. The zero-order valence-corrected chi connectivity index (χ0v) is 17.1. The highest BCUT2D eigenvalue weighted by atomic mass is 16.5. The van der Waals surface area contributed by atoms with Crippen molar-refractivity contribution in [3.05, 3.63) is 29.8 Å². The predicted octanol–water partition coefficient (Wildman–Crippen LogP) is 1.78. The van der Waals surface area contributed by atoms with Gasteiger partial charge in [-0.2, -0.15) is 0 Å². The number of methoxy groups -OCH3 is 2. The maximum atomic E-state index is 12.5. The summed E-state index contributed by atoms with van der Waals surface area (Å²) in [5, 5.41) is 2.93. The van der Waals surface area contributed by atoms with Crippen LogP contribution in [0.25, 0.3) is 6.08 Å². The van der Waals surface area contributed by atoms with Gasteiger partial charge in [-0.05, 0) is 30.7 Å². The van der Waals surface area contributed by atoms with Gasteiger partial charge in [0.1, 0.15) is 11.5 Å². The van der Waals surface area contributed by atoms with Crippen LogP contribution in [-0.4, -0.2) is 75.1 Å². The summed E-state index contributed by atoms with van der Waals surface area (Å²) in [7, 11) is 3.20. The van der Waals surface area contributed by atoms with Crippen LogP contribution >= 0.6 is 0 Å². The molecule has 2 amide bonds. The van der Waals surface area contributed by atoms with E-state index in [4.69, 9.17) is 9.47 Å². The lowest BCUT2D eigenvalue weighted by Gasteiger charge is -2.33. The van der Waals surface area contributed by atoms with Crippen molar-refractivity contribution in [2.75, 3.05) is 53.5 Å². The van der Waals surface area contributed by atoms with Crippen molar-refractivity contribution in [3.63, 3.8) is 0 Å². The number of carbonyl (C=O) groups is 2. The van der Waals surface area contributed by atoms with Crippen LogP contribution in [0.1, 0.15) is 25.3 Å². The topological polar surface area (TPSA) is 71.1 Å². The Balaban J connectivity index is 1.83. The number of benzene rings is 1. The number of rotatable bonds is 9. The summed E-state index contributed by atoms with van der Waals surface area (Å²) in [4.78, 5) is 28.3. The lowest BCUT2D eigenvalue weighted by atomic mass is 10.1. The third-order valence-electron chi connectivity index (χ3n) is 4.75. The SMILES string of the molecule is CCCCNC(=O)CN1CCN(C(=O)/C=C/c2cc(OC)ccc2OC)CC1. The number of piperazine rings is 1. The van der Waals surface area contributed by atoms with Gasteiger partial charge in [0, 0.05) is 44.4 Å². The Hall–Kier alpha value is -2.54. The number of nitrogens with zero attached hydrogens (tertiary/aromatic N) is 2. The van der Waals surface area contributed by atoms with Crippen LogP contribution in [0.5, 0.6) is 11.5 Å². The third-order valence-corrected chi connectivity index (χ3v) is 4.75. The van der Waals surface area contributed by atoms with E-state index in [1.807, 2.05) is 18.2 Å². The van der Waals surface area contributed by atoms with Crippen LogP contribution in [0.15, 0.2) is 24.3 Å². The fourth-order valence-corrected chi connectivity index (χ4v) is 3.03. The minimum atomic E-state index is -0.0445. The Morgan fingerprint density at radius 2 is 1.89 bits per heavy atom. The summed E-state index contributed by atoms with van der Waals surface area (Å²) in [5.41, 5.74) is 0.789. The lowest BCUT2D eigenvalue weighted by Crippen LogP contribution is -2.50. The Labute approximate surface area is 167 Å². The highest BCUT2D eigenvalue weighted by molar-refractivity contribution is 5.92. The molecule has 1 aromatic carbocycles. The molecule has 7 nitrogen and oxygen atoms in total. The molecule has 1 N–H and O–H groups in total. The second-order valence-electron chi connectivity index (χ2n) is 6.75. The van der Waals surface area contributed by atoms with E-state index < -0.39 is 0 Å². The molecule has 0 unspecified atom stereocenters. The zero-order chi connectivity index (χ0) is 20.4. The first-order valence-electron chi connectivity index (χ1n) is 9.75. The number of unbranched alkanes of at least 4 members (excludes halogenated alkanes) is 1. The van der Waals surface area contributed by atoms with Gasteiger partial charge in [-0.15, -0.1) is 0 Å². The fraction of sp³-hybridized carbons (Fsp3) is 0.524. The molecule has 2 rings (SSSR count). The average molecular weight is 389 g/mol. The molecule has 0 aliphatic carbocycles. The molecule has 0 saturated carbocycles. The molecule has 1 saturated heterocycles. The molecule has 1 heterocycles. The second-order valence-corrected chi connectivity index (χ2v) is 6.75. The van der Waals surface area contributed by atoms with Crippen LogP contribution in [0.3, 0.4) is 0 Å². The highest BCUT2D eigenvalue weighted by Gasteiger charge is 2.21. The van der Waals surface area contributed by atoms with E-state index in [2.05, 4.69) is 17.1 Å². The average Bonchev–Trinajstić information content (AvgIpc) is 2.72. The summed E-state index contributed by atoms with van der Waals surface area (Å²) < 4.78 is 10.6. The standard InChI is InChI=1S/C21H31N3O4/c1-4-5-10-22-20(25)16-23-11-13-24(14-12-23)21(26)9-6-17-15-18(27-2)7-8-19(17)28-3/h6-9,15H,4-5,10-14,16H2,1-3H3,(H,22,25)/b9-6+. The summed E-state index contributed by atoms with van der Waals surface area (Å²) >= 11 is 0. The quantitative estimate of drug-likeness (QED) is 0.515. The van der Waals surface area contributed by atoms with Gasteiger partial charge in [-0.25, -0.2) is 0 Å². The van der Waals surface area contributed by atoms with Gasteiger partial charge in [0.15, 0.2) is 0 Å². The van der Waals surface area contributed by atoms with Crippen LogP contribution < -0.4 is 14.8 Å². The largest absolute Gasteiger partial charge is 0.497 e. The summed E-state index contributed by atoms with van der Waals surface area (Å²) in [6.45, 7) is 5.84. The van der Waals surface area contributed by atoms with E-state index in [1.165, 1.54) is 0 Å². The molecule has 1 fully saturated rings. The van der Waals surface area contributed by atoms with Crippen molar-refractivity contribution in [1.82, 2.24) is 15.1 Å². The van der Waals surface area contributed by atoms with Crippen LogP contribution in [0.2, 0.25) is 0 Å². The molecule has 7 heteroatoms. The number of hydrogen-bond donors (Lipinski definition) is 1. The Kier molecular flexibility index (Phi) is 8.81. The molecular formula is C21H31N3O4. The van der Waals surface area contributed by atoms with Crippen LogP contribution in [0.4, 0.5) is 0 Å². The number of hydrogen-bond acceptors (Lipinski definition) is 5. The summed E-state index contributed by atoms with van der Waals surface area (Å²) in [6.07, 6.45) is 5.37. The minimum absolute atomic E-state index is 0.0445. The smallest absolute Gasteiger partial charge is 0.246 e. The van der Waals surface area contributed by atoms with Gasteiger partial charge in [0.05, 0.1) is 20.8 Å². The highest BCUT2D eigenvalue weighted by Crippen LogP contribution is 2.25. The minimum Gasteiger partial charge on any atom is -0.497 e. The maximum Gasteiger partial charge on any atom is 0.246 e. The van der Waals surface area contributed by atoms with Crippen molar-refractivity contribution < 1.29 is 19.1 Å². The van der Waals surface area contributed by atoms with Gasteiger partial charge >= 0.3 is 0 Å². The molecule has 0 bridgehead atoms. The lowest BCUT2D eigenvalue weighted by molar-refractivity contribution is -0.128. The van der Waals surface area contributed by atoms with Crippen molar-refractivity contribution in [1.29, 1.82) is 0 Å². The number of ether oxygens (including phenoxy) is 2. The van der Waals surface area contributed by atoms with Gasteiger partial charge in [0.2, 0.25) is 11.8 Å². The third kappa shape index (κ3) is 6.56. The molecule has 0 spiro atoms. The number of nitrogens with one attached hydrogen (secondary N) is 1. The summed E-state index contributed by atoms with van der Waals surface area (Å²) in [6, 6.07) is 5.46. The van der Waals surface area contributed by atoms with Crippen molar-refractivity contribution >= 4 is 17.9 Å². The van der Waals surface area contributed by atoms with E-state index in [9.17, 15) is 9.59 Å². The van der Waals surface area contributed by atoms with Gasteiger partial charge < -0.3 is 19.7 Å². The molecule has 1 aliphatic heterocycles. The molecule has 28 heavy (non-hydrogen) atoms. The van der Waals surface area contributed by atoms with Gasteiger partial charge in [-0.1, -0.05) is 13.3 Å². The Morgan fingerprint density at radius 1 is 1.14 bits per heavy atom. The van der Waals surface area contributed by atoms with E-state index >= 15 is 0 Å². The maximum absolute atomic E-state index is 12.5. The normalized spacial score (nSPS) is 14.9. The first-order chi connectivity index (χ1) is 13.6. The van der Waals surface area contributed by atoms with E-state index in [1.54, 1.807) is 31.3 Å². The molecule has 0 atom stereocenters. The van der Waals surface area contributed by atoms with Gasteiger partial charge in [-0.3, -0.25) is 14.5 Å². The number of carbonyl (C=O) groups excluding carboxylic acids is 2. The summed E-state index contributed by atoms with van der Waals surface area (Å²) in [5.74, 6) is 1.40. The first kappa shape index (κ1) is 21.8. The molecule has 0 radical (unpaired) electrons. The fourth-order valence-electron chi connectivity index (χ4n) is 3.03. The van der Waals surface area contributed by atoms with Crippen molar-refractivity contribution in [3.8, 4) is 11.5 Å². The predicted molar refractivity (Wildman–Crippen MR) is 110 cm³/mol. The number of amides is 2. The van der Waals surface area contributed by atoms with Crippen LogP contribution in [-0.2, 0) is 9.59 Å². The van der Waals surface area contributed by atoms with Crippen molar-refractivity contribution in [2.24, 2.45) is 0 Å². The van der Waals surface area contributed by atoms with E-state index in [0.717, 1.165) is 24.9 Å². The monoisotopic (exact) mass is 389 g/mol. The Bertz CT molecular complexity index is 682. The first-order valence-corrected chi connectivity index (χ1v) is 9.75. The van der Waals surface area contributed by atoms with Crippen molar-refractivity contribution in [2.45, 2.75) is 19.8 Å². The Morgan fingerprint density at radius 3 is 2.54 bits per heavy atom. The van der Waals surface area contributed by atoms with E-state index in [0.29, 0.717) is 44.2 Å².